The number of nitrogens with one attached hydrogen (secondary N) is 3. The van der Waals surface area contributed by atoms with Crippen LogP contribution in [0.1, 0.15) is 27.2 Å². The maximum Gasteiger partial charge on any atom is 0.251 e. The number of halogens is 1. The van der Waals surface area contributed by atoms with E-state index in [4.69, 9.17) is 0 Å². The van der Waals surface area contributed by atoms with E-state index in [9.17, 15) is 9.18 Å². The molecule has 2 aromatic heterocycles. The Morgan fingerprint density at radius 3 is 2.56 bits per heavy atom. The molecule has 6 heteroatoms. The molecule has 5 nitrogen and oxygen atoms in total. The van der Waals surface area contributed by atoms with Crippen LogP contribution in [0, 0.1) is 19.7 Å². The van der Waals surface area contributed by atoms with Gasteiger partial charge in [-0.2, -0.15) is 0 Å². The smallest absolute Gasteiger partial charge is 0.251 e. The molecule has 2 heterocycles. The molecule has 0 aliphatic rings. The van der Waals surface area contributed by atoms with E-state index in [0.717, 1.165) is 44.6 Å². The van der Waals surface area contributed by atoms with Gasteiger partial charge in [0.1, 0.15) is 11.6 Å². The number of amides is 1. The maximum absolute atomic E-state index is 14.1. The van der Waals surface area contributed by atoms with Gasteiger partial charge in [-0.25, -0.2) is 9.37 Å². The maximum atomic E-state index is 14.1. The zero-order valence-electron chi connectivity index (χ0n) is 17.9. The van der Waals surface area contributed by atoms with Crippen LogP contribution in [0.2, 0.25) is 0 Å². The summed E-state index contributed by atoms with van der Waals surface area (Å²) in [5.41, 5.74) is 6.92. The summed E-state index contributed by atoms with van der Waals surface area (Å²) in [6.07, 6.45) is 0.624. The third-order valence-electron chi connectivity index (χ3n) is 5.90. The molecule has 0 spiro atoms. The number of aryl methyl sites for hydroxylation is 2. The molecule has 3 aromatic carbocycles. The van der Waals surface area contributed by atoms with Crippen LogP contribution < -0.4 is 5.32 Å². The Balaban J connectivity index is 1.27. The minimum atomic E-state index is -0.256. The summed E-state index contributed by atoms with van der Waals surface area (Å²) in [4.78, 5) is 23.7. The summed E-state index contributed by atoms with van der Waals surface area (Å²) in [5, 5.41) is 3.88. The Kier molecular flexibility index (Phi) is 4.98. The van der Waals surface area contributed by atoms with Gasteiger partial charge in [0.05, 0.1) is 16.6 Å². The predicted octanol–water partition coefficient (Wildman–Crippen LogP) is 5.44. The summed E-state index contributed by atoms with van der Waals surface area (Å²) in [5.74, 6) is 0.380. The molecule has 0 radical (unpaired) electrons. The molecular weight excluding hydrogens is 403 g/mol. The molecule has 0 bridgehead atoms. The van der Waals surface area contributed by atoms with Crippen molar-refractivity contribution in [3.05, 3.63) is 88.9 Å². The van der Waals surface area contributed by atoms with Gasteiger partial charge in [-0.05, 0) is 61.7 Å². The van der Waals surface area contributed by atoms with Gasteiger partial charge in [0.2, 0.25) is 0 Å². The largest absolute Gasteiger partial charge is 0.356 e. The highest BCUT2D eigenvalue weighted by Gasteiger charge is 2.14. The SMILES string of the molecule is Cc1[nH]c2c(F)ccc(C)c2c1CCNC(=O)c1ccc(-c2nc3ccccc3[nH]2)cc1. The van der Waals surface area contributed by atoms with Gasteiger partial charge in [0.15, 0.2) is 0 Å². The van der Waals surface area contributed by atoms with Gasteiger partial charge in [-0.15, -0.1) is 0 Å². The van der Waals surface area contributed by atoms with Crippen LogP contribution in [0.15, 0.2) is 60.7 Å². The van der Waals surface area contributed by atoms with Crippen LogP contribution in [0.5, 0.6) is 0 Å². The standard InChI is InChI=1S/C26H23FN4O/c1-15-7-12-20(27)24-23(15)19(16(2)29-24)13-14-28-26(32)18-10-8-17(9-11-18)25-30-21-5-3-4-6-22(21)31-25/h3-12,29H,13-14H2,1-2H3,(H,28,32)(H,30,31). The van der Waals surface area contributed by atoms with E-state index in [1.54, 1.807) is 18.2 Å². The lowest BCUT2D eigenvalue weighted by atomic mass is 10.0. The van der Waals surface area contributed by atoms with E-state index in [2.05, 4.69) is 20.3 Å². The number of hydrogen-bond acceptors (Lipinski definition) is 2. The Morgan fingerprint density at radius 2 is 1.78 bits per heavy atom. The van der Waals surface area contributed by atoms with Gasteiger partial charge in [-0.1, -0.05) is 30.3 Å². The average molecular weight is 426 g/mol. The molecule has 0 unspecified atom stereocenters. The summed E-state index contributed by atoms with van der Waals surface area (Å²) in [6.45, 7) is 4.38. The van der Waals surface area contributed by atoms with E-state index in [-0.39, 0.29) is 11.7 Å². The summed E-state index contributed by atoms with van der Waals surface area (Å²) in [7, 11) is 0. The van der Waals surface area contributed by atoms with Crippen LogP contribution in [0.4, 0.5) is 4.39 Å². The third kappa shape index (κ3) is 3.54. The van der Waals surface area contributed by atoms with Crippen molar-refractivity contribution in [2.75, 3.05) is 6.54 Å². The number of imidazole rings is 1. The van der Waals surface area contributed by atoms with Gasteiger partial charge in [-0.3, -0.25) is 4.79 Å². The van der Waals surface area contributed by atoms with E-state index in [1.807, 2.05) is 50.2 Å². The Morgan fingerprint density at radius 1 is 1.00 bits per heavy atom. The van der Waals surface area contributed by atoms with Crippen LogP contribution in [-0.2, 0) is 6.42 Å². The summed E-state index contributed by atoms with van der Waals surface area (Å²) >= 11 is 0. The van der Waals surface area contributed by atoms with Gasteiger partial charge in [0.25, 0.3) is 5.91 Å². The first kappa shape index (κ1) is 20.0. The first-order valence-corrected chi connectivity index (χ1v) is 10.6. The van der Waals surface area contributed by atoms with E-state index < -0.39 is 0 Å². The number of para-hydroxylation sites is 2. The average Bonchev–Trinajstić information content (AvgIpc) is 3.38. The highest BCUT2D eigenvalue weighted by atomic mass is 19.1. The van der Waals surface area contributed by atoms with E-state index in [0.29, 0.717) is 24.0 Å². The molecule has 1 amide bonds. The molecule has 0 saturated carbocycles. The number of aromatic nitrogens is 3. The number of carbonyl (C=O) groups excluding carboxylic acids is 1. The molecule has 0 aliphatic carbocycles. The molecule has 5 aromatic rings. The molecule has 3 N–H and O–H groups in total. The Hall–Kier alpha value is -3.93. The molecule has 5 rings (SSSR count). The minimum absolute atomic E-state index is 0.137. The fraction of sp³-hybridized carbons (Fsp3) is 0.154. The van der Waals surface area contributed by atoms with Crippen molar-refractivity contribution in [2.45, 2.75) is 20.3 Å². The lowest BCUT2D eigenvalue weighted by Gasteiger charge is -2.07. The van der Waals surface area contributed by atoms with Gasteiger partial charge < -0.3 is 15.3 Å². The third-order valence-corrected chi connectivity index (χ3v) is 5.90. The zero-order chi connectivity index (χ0) is 22.2. The van der Waals surface area contributed by atoms with Crippen LogP contribution in [-0.4, -0.2) is 27.4 Å². The number of aromatic amines is 2. The number of carbonyl (C=O) groups is 1. The molecular formula is C26H23FN4O. The van der Waals surface area contributed by atoms with Gasteiger partial charge in [0, 0.05) is 28.8 Å². The minimum Gasteiger partial charge on any atom is -0.356 e. The van der Waals surface area contributed by atoms with Crippen LogP contribution >= 0.6 is 0 Å². The number of nitrogens with zero attached hydrogens (tertiary/aromatic N) is 1. The second-order valence-corrected chi connectivity index (χ2v) is 8.03. The van der Waals surface area contributed by atoms with Crippen molar-refractivity contribution in [3.63, 3.8) is 0 Å². The second kappa shape index (κ2) is 7.96. The normalized spacial score (nSPS) is 11.3. The highest BCUT2D eigenvalue weighted by Crippen LogP contribution is 2.28. The van der Waals surface area contributed by atoms with Crippen molar-refractivity contribution in [3.8, 4) is 11.4 Å². The van der Waals surface area contributed by atoms with Gasteiger partial charge >= 0.3 is 0 Å². The number of H-pyrrole nitrogens is 2. The number of rotatable bonds is 5. The lowest BCUT2D eigenvalue weighted by Crippen LogP contribution is -2.25. The molecule has 160 valence electrons. The van der Waals surface area contributed by atoms with Crippen molar-refractivity contribution in [1.82, 2.24) is 20.3 Å². The molecule has 32 heavy (non-hydrogen) atoms. The number of fused-ring (bicyclic) bond motifs is 2. The first-order chi connectivity index (χ1) is 15.5. The Bertz CT molecular complexity index is 1410. The van der Waals surface area contributed by atoms with Crippen molar-refractivity contribution < 1.29 is 9.18 Å². The fourth-order valence-electron chi connectivity index (χ4n) is 4.23. The Labute approximate surface area is 184 Å². The van der Waals surface area contributed by atoms with Crippen molar-refractivity contribution in [2.24, 2.45) is 0 Å². The first-order valence-electron chi connectivity index (χ1n) is 10.6. The topological polar surface area (TPSA) is 73.6 Å². The van der Waals surface area contributed by atoms with Crippen molar-refractivity contribution in [1.29, 1.82) is 0 Å². The molecule has 0 saturated heterocycles. The van der Waals surface area contributed by atoms with Crippen molar-refractivity contribution >= 4 is 27.8 Å². The monoisotopic (exact) mass is 426 g/mol. The fourth-order valence-corrected chi connectivity index (χ4v) is 4.23. The van der Waals surface area contributed by atoms with Crippen LogP contribution in [0.25, 0.3) is 33.3 Å². The quantitative estimate of drug-likeness (QED) is 0.350. The number of hydrogen-bond donors (Lipinski definition) is 3. The zero-order valence-corrected chi connectivity index (χ0v) is 17.9. The molecule has 0 aliphatic heterocycles. The van der Waals surface area contributed by atoms with E-state index >= 15 is 0 Å². The molecule has 0 fully saturated rings. The lowest BCUT2D eigenvalue weighted by molar-refractivity contribution is 0.0954. The summed E-state index contributed by atoms with van der Waals surface area (Å²) < 4.78 is 14.1. The number of benzene rings is 3. The molecule has 0 atom stereocenters. The second-order valence-electron chi connectivity index (χ2n) is 8.03. The van der Waals surface area contributed by atoms with Crippen LogP contribution in [0.3, 0.4) is 0 Å². The summed E-state index contributed by atoms with van der Waals surface area (Å²) in [6, 6.07) is 18.5. The highest BCUT2D eigenvalue weighted by molar-refractivity contribution is 5.95. The van der Waals surface area contributed by atoms with E-state index in [1.165, 1.54) is 6.07 Å². The predicted molar refractivity (Wildman–Crippen MR) is 125 cm³/mol.